The third kappa shape index (κ3) is 3.41. The third-order valence-corrected chi connectivity index (χ3v) is 5.26. The number of hydrogen-bond donors (Lipinski definition) is 1. The van der Waals surface area contributed by atoms with Crippen LogP contribution in [0.3, 0.4) is 0 Å². The molecule has 0 spiro atoms. The predicted molar refractivity (Wildman–Crippen MR) is 103 cm³/mol. The minimum atomic E-state index is -0.285. The molecule has 0 aliphatic heterocycles. The number of hydrazone groups is 1. The van der Waals surface area contributed by atoms with Crippen LogP contribution in [0.2, 0.25) is 0 Å². The van der Waals surface area contributed by atoms with Gasteiger partial charge < -0.3 is 0 Å². The number of hydrogen-bond acceptors (Lipinski definition) is 5. The van der Waals surface area contributed by atoms with E-state index < -0.39 is 0 Å². The fraction of sp³-hybridized carbons (Fsp3) is 0.200. The van der Waals surface area contributed by atoms with Crippen LogP contribution in [0.15, 0.2) is 52.9 Å². The molecule has 1 N–H and O–H groups in total. The Morgan fingerprint density at radius 1 is 1.15 bits per heavy atom. The summed E-state index contributed by atoms with van der Waals surface area (Å²) < 4.78 is 0. The van der Waals surface area contributed by atoms with Crippen LogP contribution in [0.1, 0.15) is 36.0 Å². The average molecular weight is 363 g/mol. The molecule has 1 aliphatic rings. The first-order valence-electron chi connectivity index (χ1n) is 8.52. The van der Waals surface area contributed by atoms with Crippen molar-refractivity contribution in [3.05, 3.63) is 53.4 Å². The number of aromatic nitrogens is 1. The number of nitrogens with zero attached hydrogens (tertiary/aromatic N) is 2. The van der Waals surface area contributed by atoms with Crippen LogP contribution in [0, 0.1) is 0 Å². The fourth-order valence-electron chi connectivity index (χ4n) is 3.09. The van der Waals surface area contributed by atoms with Crippen LogP contribution in [-0.2, 0) is 4.79 Å². The zero-order valence-corrected chi connectivity index (χ0v) is 14.9. The lowest BCUT2D eigenvalue weighted by Gasteiger charge is -2.12. The largest absolute Gasteiger partial charge is 0.299 e. The Kier molecular flexibility index (Phi) is 4.58. The lowest BCUT2D eigenvalue weighted by molar-refractivity contribution is -0.118. The molecule has 1 saturated carbocycles. The summed E-state index contributed by atoms with van der Waals surface area (Å²) in [5.41, 5.74) is 5.44. The average Bonchev–Trinajstić information content (AvgIpc) is 3.20. The van der Waals surface area contributed by atoms with Crippen molar-refractivity contribution in [2.45, 2.75) is 25.7 Å². The summed E-state index contributed by atoms with van der Waals surface area (Å²) >= 11 is 1.58. The molecule has 3 aromatic rings. The molecule has 4 rings (SSSR count). The van der Waals surface area contributed by atoms with Crippen molar-refractivity contribution >= 4 is 39.6 Å². The quantitative estimate of drug-likeness (QED) is 0.709. The van der Waals surface area contributed by atoms with Crippen LogP contribution in [0.5, 0.6) is 0 Å². The van der Waals surface area contributed by atoms with Crippen LogP contribution >= 0.6 is 11.3 Å². The van der Waals surface area contributed by atoms with E-state index in [0.29, 0.717) is 18.4 Å². The van der Waals surface area contributed by atoms with Gasteiger partial charge in [-0.1, -0.05) is 24.3 Å². The first-order valence-corrected chi connectivity index (χ1v) is 9.40. The van der Waals surface area contributed by atoms with Crippen molar-refractivity contribution in [1.29, 1.82) is 0 Å². The summed E-state index contributed by atoms with van der Waals surface area (Å²) in [6.45, 7) is 0. The van der Waals surface area contributed by atoms with Crippen molar-refractivity contribution in [1.82, 2.24) is 10.4 Å². The molecule has 5 nitrogen and oxygen atoms in total. The van der Waals surface area contributed by atoms with Crippen molar-refractivity contribution in [3.8, 4) is 10.6 Å². The molecular formula is C20H17N3O2S. The normalized spacial score (nSPS) is 16.2. The maximum Gasteiger partial charge on any atom is 0.272 e. The number of carbonyl (C=O) groups is 2. The summed E-state index contributed by atoms with van der Waals surface area (Å²) in [4.78, 5) is 30.0. The zero-order valence-electron chi connectivity index (χ0n) is 14.1. The van der Waals surface area contributed by atoms with E-state index in [2.05, 4.69) is 15.5 Å². The number of para-hydroxylation sites is 1. The van der Waals surface area contributed by atoms with Gasteiger partial charge in [-0.3, -0.25) is 9.59 Å². The molecule has 130 valence electrons. The molecule has 0 bridgehead atoms. The highest BCUT2D eigenvalue weighted by molar-refractivity contribution is 7.13. The van der Waals surface area contributed by atoms with Crippen LogP contribution in [0.4, 0.5) is 0 Å². The van der Waals surface area contributed by atoms with E-state index in [9.17, 15) is 9.59 Å². The minimum absolute atomic E-state index is 0.179. The van der Waals surface area contributed by atoms with Crippen molar-refractivity contribution < 1.29 is 9.59 Å². The molecule has 0 radical (unpaired) electrons. The molecule has 2 aromatic heterocycles. The van der Waals surface area contributed by atoms with Crippen molar-refractivity contribution in [2.24, 2.45) is 5.10 Å². The van der Waals surface area contributed by atoms with Gasteiger partial charge in [0.05, 0.1) is 21.7 Å². The molecule has 26 heavy (non-hydrogen) atoms. The first-order chi connectivity index (χ1) is 12.7. The van der Waals surface area contributed by atoms with Gasteiger partial charge in [0, 0.05) is 23.9 Å². The van der Waals surface area contributed by atoms with E-state index in [1.807, 2.05) is 41.8 Å². The number of rotatable bonds is 3. The van der Waals surface area contributed by atoms with Gasteiger partial charge in [-0.2, -0.15) is 5.10 Å². The van der Waals surface area contributed by atoms with Gasteiger partial charge in [0.1, 0.15) is 5.78 Å². The van der Waals surface area contributed by atoms with E-state index >= 15 is 0 Å². The molecule has 1 amide bonds. The number of carbonyl (C=O) groups excluding carboxylic acids is 2. The number of thiophene rings is 1. The molecule has 1 aromatic carbocycles. The third-order valence-electron chi connectivity index (χ3n) is 4.37. The van der Waals surface area contributed by atoms with Gasteiger partial charge in [0.25, 0.3) is 5.91 Å². The summed E-state index contributed by atoms with van der Waals surface area (Å²) in [6.07, 6.45) is 2.49. The highest BCUT2D eigenvalue weighted by Crippen LogP contribution is 2.27. The Hall–Kier alpha value is -2.86. The maximum absolute atomic E-state index is 12.8. The molecule has 2 heterocycles. The molecule has 0 saturated heterocycles. The first kappa shape index (κ1) is 16.6. The molecule has 0 unspecified atom stereocenters. The van der Waals surface area contributed by atoms with Gasteiger partial charge in [-0.25, -0.2) is 10.4 Å². The Bertz CT molecular complexity index is 1010. The lowest BCUT2D eigenvalue weighted by Crippen LogP contribution is -2.23. The number of fused-ring (bicyclic) bond motifs is 1. The molecule has 6 heteroatoms. The minimum Gasteiger partial charge on any atom is -0.299 e. The smallest absolute Gasteiger partial charge is 0.272 e. The zero-order chi connectivity index (χ0) is 17.9. The Morgan fingerprint density at radius 2 is 2.04 bits per heavy atom. The van der Waals surface area contributed by atoms with E-state index in [4.69, 9.17) is 0 Å². The summed E-state index contributed by atoms with van der Waals surface area (Å²) in [7, 11) is 0. The maximum atomic E-state index is 12.8. The van der Waals surface area contributed by atoms with Gasteiger partial charge in [0.15, 0.2) is 0 Å². The van der Waals surface area contributed by atoms with Gasteiger partial charge in [-0.05, 0) is 36.4 Å². The van der Waals surface area contributed by atoms with E-state index in [-0.39, 0.29) is 11.7 Å². The lowest BCUT2D eigenvalue weighted by atomic mass is 9.97. The van der Waals surface area contributed by atoms with Crippen LogP contribution in [0.25, 0.3) is 21.5 Å². The SMILES string of the molecule is O=C1CCCC(=NNC(=O)c2cc(-c3cccs3)nc3ccccc23)C1. The standard InChI is InChI=1S/C20H17N3O2S/c24-14-6-3-5-13(11-14)22-23-20(25)16-12-18(19-9-4-10-26-19)21-17-8-2-1-7-15(16)17/h1-2,4,7-10,12H,3,5-6,11H2,(H,23,25). The Labute approximate surface area is 154 Å². The van der Waals surface area contributed by atoms with Gasteiger partial charge in [-0.15, -0.1) is 11.3 Å². The number of pyridine rings is 1. The number of amides is 1. The molecule has 0 atom stereocenters. The molecule has 1 fully saturated rings. The Morgan fingerprint density at radius 3 is 2.85 bits per heavy atom. The summed E-state index contributed by atoms with van der Waals surface area (Å²) in [5, 5.41) is 6.95. The fourth-order valence-corrected chi connectivity index (χ4v) is 3.78. The van der Waals surface area contributed by atoms with Crippen molar-refractivity contribution in [3.63, 3.8) is 0 Å². The van der Waals surface area contributed by atoms with E-state index in [0.717, 1.165) is 40.0 Å². The summed E-state index contributed by atoms with van der Waals surface area (Å²) in [5.74, 6) is -0.106. The molecule has 1 aliphatic carbocycles. The Balaban J connectivity index is 1.69. The highest BCUT2D eigenvalue weighted by Gasteiger charge is 2.17. The molecular weight excluding hydrogens is 346 g/mol. The van der Waals surface area contributed by atoms with Gasteiger partial charge in [0.2, 0.25) is 0 Å². The number of ketones is 1. The highest BCUT2D eigenvalue weighted by atomic mass is 32.1. The number of benzene rings is 1. The van der Waals surface area contributed by atoms with Crippen molar-refractivity contribution in [2.75, 3.05) is 0 Å². The van der Waals surface area contributed by atoms with Gasteiger partial charge >= 0.3 is 0 Å². The summed E-state index contributed by atoms with van der Waals surface area (Å²) in [6, 6.07) is 13.3. The topological polar surface area (TPSA) is 71.4 Å². The number of nitrogens with one attached hydrogen (secondary N) is 1. The van der Waals surface area contributed by atoms with E-state index in [1.165, 1.54) is 0 Å². The second-order valence-corrected chi connectivity index (χ2v) is 7.19. The second-order valence-electron chi connectivity index (χ2n) is 6.24. The van der Waals surface area contributed by atoms with Crippen LogP contribution < -0.4 is 5.43 Å². The monoisotopic (exact) mass is 363 g/mol. The number of Topliss-reactive ketones (excluding diaryl/α,β-unsaturated/α-hetero) is 1. The van der Waals surface area contributed by atoms with E-state index in [1.54, 1.807) is 17.4 Å². The second kappa shape index (κ2) is 7.17. The van der Waals surface area contributed by atoms with Crippen LogP contribution in [-0.4, -0.2) is 22.4 Å². The predicted octanol–water partition coefficient (Wildman–Crippen LogP) is 4.19.